The topological polar surface area (TPSA) is 89.8 Å². The second-order valence-electron chi connectivity index (χ2n) is 14.2. The molecule has 5 nitrogen and oxygen atoms in total. The van der Waals surface area contributed by atoms with Crippen LogP contribution in [0.2, 0.25) is 0 Å². The standard InChI is InChI=1S/C40H81NO4/c1-3-5-7-9-11-13-15-16-17-18-19-20-21-22-23-24-25-27-28-30-32-34-38(43)37(36-42)41-40(45)39(44)35-33-31-29-26-14-12-10-8-6-4-2/h37-39,42-44H,3-36H2,1-2H3,(H,41,45). The Morgan fingerprint density at radius 2 is 0.711 bits per heavy atom. The molecule has 0 aliphatic rings. The Hall–Kier alpha value is -0.650. The number of aliphatic hydroxyl groups excluding tert-OH is 3. The van der Waals surface area contributed by atoms with Gasteiger partial charge in [-0.25, -0.2) is 0 Å². The fourth-order valence-corrected chi connectivity index (χ4v) is 6.49. The second kappa shape index (κ2) is 36.2. The number of hydrogen-bond donors (Lipinski definition) is 4. The van der Waals surface area contributed by atoms with Gasteiger partial charge in [-0.15, -0.1) is 0 Å². The molecule has 3 atom stereocenters. The van der Waals surface area contributed by atoms with E-state index in [0.29, 0.717) is 12.8 Å². The third-order valence-electron chi connectivity index (χ3n) is 9.73. The Morgan fingerprint density at radius 3 is 1.00 bits per heavy atom. The van der Waals surface area contributed by atoms with Crippen molar-refractivity contribution in [2.75, 3.05) is 6.61 Å². The lowest BCUT2D eigenvalue weighted by molar-refractivity contribution is -0.131. The van der Waals surface area contributed by atoms with E-state index in [1.807, 2.05) is 0 Å². The number of nitrogens with one attached hydrogen (secondary N) is 1. The van der Waals surface area contributed by atoms with Crippen molar-refractivity contribution in [2.24, 2.45) is 0 Å². The van der Waals surface area contributed by atoms with Gasteiger partial charge in [-0.2, -0.15) is 0 Å². The Morgan fingerprint density at radius 1 is 0.444 bits per heavy atom. The van der Waals surface area contributed by atoms with Gasteiger partial charge in [0.05, 0.1) is 18.8 Å². The summed E-state index contributed by atoms with van der Waals surface area (Å²) in [7, 11) is 0. The minimum Gasteiger partial charge on any atom is -0.394 e. The van der Waals surface area contributed by atoms with Crippen LogP contribution in [-0.4, -0.2) is 46.1 Å². The number of carbonyl (C=O) groups excluding carboxylic acids is 1. The molecule has 1 amide bonds. The molecule has 0 saturated heterocycles. The van der Waals surface area contributed by atoms with Crippen LogP contribution in [0.15, 0.2) is 0 Å². The molecule has 45 heavy (non-hydrogen) atoms. The van der Waals surface area contributed by atoms with E-state index >= 15 is 0 Å². The summed E-state index contributed by atoms with van der Waals surface area (Å²) < 4.78 is 0. The maximum atomic E-state index is 12.4. The van der Waals surface area contributed by atoms with E-state index in [-0.39, 0.29) is 6.61 Å². The molecule has 270 valence electrons. The number of rotatable bonds is 37. The summed E-state index contributed by atoms with van der Waals surface area (Å²) in [5.41, 5.74) is 0. The van der Waals surface area contributed by atoms with Gasteiger partial charge >= 0.3 is 0 Å². The van der Waals surface area contributed by atoms with Gasteiger partial charge in [0, 0.05) is 0 Å². The molecule has 4 N–H and O–H groups in total. The van der Waals surface area contributed by atoms with Crippen LogP contribution in [0, 0.1) is 0 Å². The third-order valence-corrected chi connectivity index (χ3v) is 9.73. The van der Waals surface area contributed by atoms with Crippen molar-refractivity contribution in [1.82, 2.24) is 5.32 Å². The Kier molecular flexibility index (Phi) is 35.7. The Labute approximate surface area is 281 Å². The molecule has 5 heteroatoms. The largest absolute Gasteiger partial charge is 0.394 e. The first-order valence-electron chi connectivity index (χ1n) is 20.3. The molecular weight excluding hydrogens is 558 g/mol. The molecule has 0 rings (SSSR count). The van der Waals surface area contributed by atoms with E-state index in [1.54, 1.807) is 0 Å². The van der Waals surface area contributed by atoms with Crippen LogP contribution >= 0.6 is 0 Å². The molecule has 0 aromatic heterocycles. The van der Waals surface area contributed by atoms with Gasteiger partial charge in [0.1, 0.15) is 6.10 Å². The fourth-order valence-electron chi connectivity index (χ4n) is 6.49. The molecule has 3 unspecified atom stereocenters. The van der Waals surface area contributed by atoms with Crippen LogP contribution in [-0.2, 0) is 4.79 Å². The van der Waals surface area contributed by atoms with Gasteiger partial charge in [0.15, 0.2) is 0 Å². The summed E-state index contributed by atoms with van der Waals surface area (Å²) >= 11 is 0. The maximum Gasteiger partial charge on any atom is 0.249 e. The summed E-state index contributed by atoms with van der Waals surface area (Å²) in [5.74, 6) is -0.470. The first-order chi connectivity index (χ1) is 22.1. The SMILES string of the molecule is CCCCCCCCCCCCCCCCCCCCCCCC(O)C(CO)NC(=O)C(O)CCCCCCCCCCCC. The summed E-state index contributed by atoms with van der Waals surface area (Å²) in [6.45, 7) is 4.22. The van der Waals surface area contributed by atoms with Crippen molar-refractivity contribution in [3.63, 3.8) is 0 Å². The van der Waals surface area contributed by atoms with Gasteiger partial charge < -0.3 is 20.6 Å². The normalized spacial score (nSPS) is 13.6. The number of hydrogen-bond acceptors (Lipinski definition) is 4. The van der Waals surface area contributed by atoms with E-state index in [2.05, 4.69) is 19.2 Å². The zero-order valence-electron chi connectivity index (χ0n) is 30.5. The molecule has 0 radical (unpaired) electrons. The molecule has 0 fully saturated rings. The van der Waals surface area contributed by atoms with Crippen LogP contribution in [0.4, 0.5) is 0 Å². The van der Waals surface area contributed by atoms with Crippen LogP contribution in [0.3, 0.4) is 0 Å². The van der Waals surface area contributed by atoms with E-state index in [1.165, 1.54) is 167 Å². The maximum absolute atomic E-state index is 12.4. The van der Waals surface area contributed by atoms with E-state index < -0.39 is 24.2 Å². The third kappa shape index (κ3) is 31.7. The van der Waals surface area contributed by atoms with E-state index in [9.17, 15) is 20.1 Å². The lowest BCUT2D eigenvalue weighted by Crippen LogP contribution is -2.49. The van der Waals surface area contributed by atoms with Gasteiger partial charge in [0.2, 0.25) is 5.91 Å². The first-order valence-corrected chi connectivity index (χ1v) is 20.3. The first kappa shape index (κ1) is 44.4. The average molecular weight is 640 g/mol. The smallest absolute Gasteiger partial charge is 0.249 e. The van der Waals surface area contributed by atoms with Crippen molar-refractivity contribution in [3.05, 3.63) is 0 Å². The van der Waals surface area contributed by atoms with Gasteiger partial charge in [-0.3, -0.25) is 4.79 Å². The van der Waals surface area contributed by atoms with Crippen LogP contribution in [0.1, 0.15) is 226 Å². The van der Waals surface area contributed by atoms with E-state index in [0.717, 1.165) is 32.1 Å². The molecular formula is C40H81NO4. The van der Waals surface area contributed by atoms with Crippen molar-refractivity contribution in [1.29, 1.82) is 0 Å². The minimum atomic E-state index is -1.06. The number of aliphatic hydroxyl groups is 3. The molecule has 0 aromatic rings. The second-order valence-corrected chi connectivity index (χ2v) is 14.2. The highest BCUT2D eigenvalue weighted by molar-refractivity contribution is 5.80. The molecule has 0 aromatic carbocycles. The lowest BCUT2D eigenvalue weighted by atomic mass is 10.0. The zero-order chi connectivity index (χ0) is 33.1. The van der Waals surface area contributed by atoms with Gasteiger partial charge in [-0.1, -0.05) is 213 Å². The van der Waals surface area contributed by atoms with Crippen molar-refractivity contribution in [2.45, 2.75) is 244 Å². The highest BCUT2D eigenvalue weighted by atomic mass is 16.3. The highest BCUT2D eigenvalue weighted by Gasteiger charge is 2.23. The van der Waals surface area contributed by atoms with Crippen LogP contribution in [0.5, 0.6) is 0 Å². The van der Waals surface area contributed by atoms with Crippen molar-refractivity contribution >= 4 is 5.91 Å². The molecule has 0 heterocycles. The molecule has 0 saturated carbocycles. The lowest BCUT2D eigenvalue weighted by Gasteiger charge is -2.23. The number of carbonyl (C=O) groups is 1. The molecule has 0 spiro atoms. The minimum absolute atomic E-state index is 0.308. The molecule has 0 bridgehead atoms. The van der Waals surface area contributed by atoms with Crippen molar-refractivity contribution in [3.8, 4) is 0 Å². The fraction of sp³-hybridized carbons (Fsp3) is 0.975. The summed E-state index contributed by atoms with van der Waals surface area (Å²) in [4.78, 5) is 12.4. The summed E-state index contributed by atoms with van der Waals surface area (Å²) in [5, 5.41) is 33.1. The van der Waals surface area contributed by atoms with Gasteiger partial charge in [0.25, 0.3) is 0 Å². The Bertz CT molecular complexity index is 587. The highest BCUT2D eigenvalue weighted by Crippen LogP contribution is 2.16. The van der Waals surface area contributed by atoms with E-state index in [4.69, 9.17) is 0 Å². The quantitative estimate of drug-likeness (QED) is 0.0509. The predicted molar refractivity (Wildman–Crippen MR) is 195 cm³/mol. The Balaban J connectivity index is 3.56. The van der Waals surface area contributed by atoms with Crippen LogP contribution < -0.4 is 5.32 Å². The zero-order valence-corrected chi connectivity index (χ0v) is 30.5. The summed E-state index contributed by atoms with van der Waals surface area (Å²) in [6.07, 6.45) is 39.6. The average Bonchev–Trinajstić information content (AvgIpc) is 3.04. The number of amides is 1. The summed E-state index contributed by atoms with van der Waals surface area (Å²) in [6, 6.07) is -0.704. The van der Waals surface area contributed by atoms with Crippen LogP contribution in [0.25, 0.3) is 0 Å². The molecule has 0 aliphatic heterocycles. The monoisotopic (exact) mass is 640 g/mol. The van der Waals surface area contributed by atoms with Gasteiger partial charge in [-0.05, 0) is 12.8 Å². The number of unbranched alkanes of at least 4 members (excludes halogenated alkanes) is 29. The predicted octanol–water partition coefficient (Wildman–Crippen LogP) is 11.1. The molecule has 0 aliphatic carbocycles. The van der Waals surface area contributed by atoms with Crippen molar-refractivity contribution < 1.29 is 20.1 Å².